The van der Waals surface area contributed by atoms with Gasteiger partial charge in [0.2, 0.25) is 11.8 Å². The number of nitrogens with zero attached hydrogens (tertiary/aromatic N) is 4. The average Bonchev–Trinajstić information content (AvgIpc) is 3.13. The van der Waals surface area contributed by atoms with Crippen LogP contribution in [0.1, 0.15) is 0 Å². The second-order valence-corrected chi connectivity index (χ2v) is 8.25. The molecule has 1 heterocycles. The van der Waals surface area contributed by atoms with Gasteiger partial charge in [0.15, 0.2) is 4.90 Å². The van der Waals surface area contributed by atoms with Crippen molar-refractivity contribution in [2.24, 2.45) is 5.73 Å². The molecule has 0 unspecified atom stereocenters. The van der Waals surface area contributed by atoms with Crippen LogP contribution >= 0.6 is 0 Å². The molecular formula is C16H17N7O14S. The molecule has 0 aliphatic heterocycles. The molecule has 2 rings (SSSR count). The molecule has 0 radical (unpaired) electrons. The minimum Gasteiger partial charge on any atom is -0.492 e. The fourth-order valence-electron chi connectivity index (χ4n) is 2.47. The Bertz CT molecular complexity index is 1390. The minimum absolute atomic E-state index is 0.316. The first kappa shape index (κ1) is 29.0. The number of anilines is 1. The molecule has 21 nitrogen and oxygen atoms in total. The molecule has 0 fully saturated rings. The summed E-state index contributed by atoms with van der Waals surface area (Å²) in [6, 6.07) is 2.54. The molecule has 7 N–H and O–H groups in total. The zero-order valence-electron chi connectivity index (χ0n) is 18.5. The second kappa shape index (κ2) is 11.7. The van der Waals surface area contributed by atoms with Crippen molar-refractivity contribution in [1.82, 2.24) is 15.1 Å². The molecule has 38 heavy (non-hydrogen) atoms. The van der Waals surface area contributed by atoms with E-state index in [-0.39, 0.29) is 4.73 Å². The normalized spacial score (nSPS) is 10.9. The monoisotopic (exact) mass is 563 g/mol. The lowest BCUT2D eigenvalue weighted by Gasteiger charge is -2.23. The minimum atomic E-state index is -5.14. The molecule has 0 bridgehead atoms. The second-order valence-electron chi connectivity index (χ2n) is 6.77. The summed E-state index contributed by atoms with van der Waals surface area (Å²) in [6.07, 6.45) is 0. The molecule has 0 aliphatic rings. The zero-order chi connectivity index (χ0) is 28.8. The van der Waals surface area contributed by atoms with Gasteiger partial charge < -0.3 is 26.5 Å². The van der Waals surface area contributed by atoms with Crippen LogP contribution in [0.4, 0.5) is 17.1 Å². The highest BCUT2D eigenvalue weighted by atomic mass is 32.2. The molecular weight excluding hydrogens is 546 g/mol. The molecule has 0 atom stereocenters. The van der Waals surface area contributed by atoms with Crippen LogP contribution in [0.3, 0.4) is 0 Å². The Morgan fingerprint density at radius 2 is 1.79 bits per heavy atom. The summed E-state index contributed by atoms with van der Waals surface area (Å²) in [5, 5.41) is 52.6. The van der Waals surface area contributed by atoms with E-state index >= 15 is 0 Å². The number of aromatic hydroxyl groups is 2. The molecule has 2 aromatic rings. The van der Waals surface area contributed by atoms with E-state index in [9.17, 15) is 58.5 Å². The summed E-state index contributed by atoms with van der Waals surface area (Å²) >= 11 is 0. The third-order valence-corrected chi connectivity index (χ3v) is 5.33. The van der Waals surface area contributed by atoms with Gasteiger partial charge >= 0.3 is 21.8 Å². The predicted molar refractivity (Wildman–Crippen MR) is 116 cm³/mol. The third kappa shape index (κ3) is 6.93. The maximum atomic E-state index is 12.5. The third-order valence-electron chi connectivity index (χ3n) is 4.24. The van der Waals surface area contributed by atoms with Crippen molar-refractivity contribution in [3.8, 4) is 11.8 Å². The Kier molecular flexibility index (Phi) is 8.91. The fraction of sp³-hybridized carbons (Fsp3) is 0.188. The number of aromatic nitrogens is 1. The van der Waals surface area contributed by atoms with Gasteiger partial charge in [0.25, 0.3) is 17.5 Å². The molecule has 2 amide bonds. The topological polar surface area (TPSA) is 309 Å². The van der Waals surface area contributed by atoms with Gasteiger partial charge in [-0.05, 0) is 10.4 Å². The molecule has 0 spiro atoms. The van der Waals surface area contributed by atoms with E-state index in [4.69, 9.17) is 5.73 Å². The lowest BCUT2D eigenvalue weighted by Crippen LogP contribution is -2.46. The Morgan fingerprint density at radius 1 is 1.13 bits per heavy atom. The van der Waals surface area contributed by atoms with E-state index in [0.717, 1.165) is 12.1 Å². The summed E-state index contributed by atoms with van der Waals surface area (Å²) < 4.78 is 27.8. The van der Waals surface area contributed by atoms with Crippen LogP contribution in [0.5, 0.6) is 11.8 Å². The van der Waals surface area contributed by atoms with Crippen LogP contribution in [0.25, 0.3) is 0 Å². The van der Waals surface area contributed by atoms with Crippen LogP contribution in [-0.2, 0) is 33.7 Å². The van der Waals surface area contributed by atoms with Crippen LogP contribution in [0.15, 0.2) is 29.2 Å². The van der Waals surface area contributed by atoms with Crippen LogP contribution in [-0.4, -0.2) is 80.8 Å². The Morgan fingerprint density at radius 3 is 2.32 bits per heavy atom. The Balaban J connectivity index is 2.26. The average molecular weight is 563 g/mol. The highest BCUT2D eigenvalue weighted by molar-refractivity contribution is 7.86. The fourth-order valence-corrected chi connectivity index (χ4v) is 3.27. The number of nitrogens with one attached hydrogen (secondary N) is 2. The van der Waals surface area contributed by atoms with Gasteiger partial charge in [-0.2, -0.15) is 8.42 Å². The highest BCUT2D eigenvalue weighted by Crippen LogP contribution is 2.31. The summed E-state index contributed by atoms with van der Waals surface area (Å²) in [7, 11) is -5.14. The van der Waals surface area contributed by atoms with E-state index in [1.165, 1.54) is 0 Å². The zero-order valence-corrected chi connectivity index (χ0v) is 19.4. The lowest BCUT2D eigenvalue weighted by molar-refractivity contribution is -0.393. The Labute approximate surface area is 209 Å². The maximum absolute atomic E-state index is 12.5. The van der Waals surface area contributed by atoms with Gasteiger partial charge in [0.1, 0.15) is 12.2 Å². The van der Waals surface area contributed by atoms with Gasteiger partial charge in [-0.15, -0.1) is 4.73 Å². The summed E-state index contributed by atoms with van der Waals surface area (Å²) in [4.78, 5) is 59.2. The van der Waals surface area contributed by atoms with Gasteiger partial charge in [0.05, 0.1) is 29.0 Å². The smallest absolute Gasteiger partial charge is 0.365 e. The van der Waals surface area contributed by atoms with E-state index in [1.807, 2.05) is 5.32 Å². The molecule has 0 saturated heterocycles. The highest BCUT2D eigenvalue weighted by Gasteiger charge is 2.30. The Hall–Kier alpha value is -5.22. The van der Waals surface area contributed by atoms with E-state index in [2.05, 4.69) is 14.6 Å². The molecule has 206 valence electrons. The molecule has 0 aliphatic carbocycles. The SMILES string of the molecule is NCC(=O)NCC(=O)N(CC(=O)OOS(=O)(=O)c1cc(O)n(O)c1O)Nc1ccc([N+](=O)[O-])cc1[N+](=O)[O-]. The van der Waals surface area contributed by atoms with Crippen molar-refractivity contribution in [1.29, 1.82) is 0 Å². The summed E-state index contributed by atoms with van der Waals surface area (Å²) in [6.45, 7) is -2.59. The van der Waals surface area contributed by atoms with E-state index < -0.39 is 91.1 Å². The van der Waals surface area contributed by atoms with Crippen molar-refractivity contribution in [2.45, 2.75) is 4.90 Å². The van der Waals surface area contributed by atoms with Crippen molar-refractivity contribution in [3.63, 3.8) is 0 Å². The van der Waals surface area contributed by atoms with Crippen molar-refractivity contribution < 1.29 is 57.3 Å². The van der Waals surface area contributed by atoms with Crippen LogP contribution in [0.2, 0.25) is 0 Å². The van der Waals surface area contributed by atoms with Crippen LogP contribution < -0.4 is 16.5 Å². The van der Waals surface area contributed by atoms with Crippen molar-refractivity contribution >= 4 is 45.0 Å². The van der Waals surface area contributed by atoms with Crippen molar-refractivity contribution in [3.05, 3.63) is 44.5 Å². The number of hydrazine groups is 1. The van der Waals surface area contributed by atoms with Crippen LogP contribution in [0, 0.1) is 20.2 Å². The number of carbonyl (C=O) groups is 3. The quantitative estimate of drug-likeness (QED) is 0.0707. The number of nitro groups is 2. The summed E-state index contributed by atoms with van der Waals surface area (Å²) in [5.74, 6) is -6.13. The van der Waals surface area contributed by atoms with Gasteiger partial charge in [-0.3, -0.25) is 40.1 Å². The molecule has 1 aromatic carbocycles. The maximum Gasteiger partial charge on any atom is 0.365 e. The summed E-state index contributed by atoms with van der Waals surface area (Å²) in [5.41, 5.74) is 5.12. The van der Waals surface area contributed by atoms with E-state index in [0.29, 0.717) is 17.1 Å². The van der Waals surface area contributed by atoms with E-state index in [1.54, 1.807) is 0 Å². The molecule has 1 aromatic heterocycles. The lowest BCUT2D eigenvalue weighted by atomic mass is 10.2. The number of rotatable bonds is 12. The van der Waals surface area contributed by atoms with Gasteiger partial charge in [0, 0.05) is 12.1 Å². The number of nitrogens with two attached hydrogens (primary N) is 1. The molecule has 0 saturated carbocycles. The number of non-ortho nitro benzene ring substituents is 1. The first-order chi connectivity index (χ1) is 17.7. The first-order valence-corrected chi connectivity index (χ1v) is 11.0. The molecule has 22 heteroatoms. The van der Waals surface area contributed by atoms with Crippen molar-refractivity contribution in [2.75, 3.05) is 25.1 Å². The number of hydrogen-bond donors (Lipinski definition) is 6. The number of benzene rings is 1. The first-order valence-electron chi connectivity index (χ1n) is 9.61. The number of hydrogen-bond acceptors (Lipinski definition) is 16. The van der Waals surface area contributed by atoms with Gasteiger partial charge in [-0.25, -0.2) is 9.80 Å². The van der Waals surface area contributed by atoms with Gasteiger partial charge in [-0.1, -0.05) is 0 Å². The largest absolute Gasteiger partial charge is 0.492 e. The number of amides is 2. The number of nitro benzene ring substituents is 2. The number of carbonyl (C=O) groups excluding carboxylic acids is 3. The standard InChI is InChI=1S/C16H17N7O14S/c17-5-12(24)18-6-14(26)20(19-9-2-1-8(22(30)31)3-10(9)23(32)33)7-15(27)36-37-38(34,35)11-4-13(25)21(29)16(11)28/h1-4,19,25,28-29H,5-7,17H2,(H,18,24). The predicted octanol–water partition coefficient (Wildman–Crippen LogP) is -1.95.